The highest BCUT2D eigenvalue weighted by atomic mass is 16.5. The van der Waals surface area contributed by atoms with Gasteiger partial charge in [0, 0.05) is 19.5 Å². The molecule has 0 bridgehead atoms. The number of carbonyl (C=O) groups excluding carboxylic acids is 1. The Labute approximate surface area is 83.8 Å². The minimum atomic E-state index is 0.0272. The molecule has 1 rings (SSSR count). The monoisotopic (exact) mass is 202 g/mol. The molecule has 1 saturated heterocycles. The van der Waals surface area contributed by atoms with Crippen molar-refractivity contribution in [3.05, 3.63) is 0 Å². The quantitative estimate of drug-likeness (QED) is 0.531. The van der Waals surface area contributed by atoms with Crippen LogP contribution in [0.5, 0.6) is 0 Å². The van der Waals surface area contributed by atoms with Gasteiger partial charge < -0.3 is 20.5 Å². The molecule has 1 atom stereocenters. The van der Waals surface area contributed by atoms with Gasteiger partial charge in [0.15, 0.2) is 0 Å². The number of carbonyl (C=O) groups is 1. The molecular weight excluding hydrogens is 184 g/mol. The summed E-state index contributed by atoms with van der Waals surface area (Å²) in [6.45, 7) is 2.78. The van der Waals surface area contributed by atoms with Gasteiger partial charge in [0.25, 0.3) is 0 Å². The van der Waals surface area contributed by atoms with Crippen LogP contribution in [0, 0.1) is 5.92 Å². The highest BCUT2D eigenvalue weighted by Gasteiger charge is 2.27. The first-order chi connectivity index (χ1) is 6.77. The number of hydrogen-bond acceptors (Lipinski definition) is 4. The SMILES string of the molecule is NCC1CC(=O)N(CCOCCO)C1. The van der Waals surface area contributed by atoms with E-state index in [9.17, 15) is 4.79 Å². The Bertz CT molecular complexity index is 187. The topological polar surface area (TPSA) is 75.8 Å². The maximum absolute atomic E-state index is 11.4. The molecule has 5 nitrogen and oxygen atoms in total. The van der Waals surface area contributed by atoms with Gasteiger partial charge in [-0.15, -0.1) is 0 Å². The number of likely N-dealkylation sites (tertiary alicyclic amines) is 1. The Morgan fingerprint density at radius 3 is 2.93 bits per heavy atom. The number of ether oxygens (including phenoxy) is 1. The Kier molecular flexibility index (Phi) is 4.86. The maximum atomic E-state index is 11.4. The summed E-state index contributed by atoms with van der Waals surface area (Å²) in [5.74, 6) is 0.466. The van der Waals surface area contributed by atoms with Gasteiger partial charge in [-0.25, -0.2) is 0 Å². The number of amides is 1. The Morgan fingerprint density at radius 2 is 2.36 bits per heavy atom. The summed E-state index contributed by atoms with van der Waals surface area (Å²) in [6, 6.07) is 0. The van der Waals surface area contributed by atoms with E-state index >= 15 is 0 Å². The van der Waals surface area contributed by atoms with Crippen LogP contribution < -0.4 is 5.73 Å². The largest absolute Gasteiger partial charge is 0.394 e. The fraction of sp³-hybridized carbons (Fsp3) is 0.889. The van der Waals surface area contributed by atoms with E-state index in [-0.39, 0.29) is 12.5 Å². The summed E-state index contributed by atoms with van der Waals surface area (Å²) in [4.78, 5) is 13.1. The van der Waals surface area contributed by atoms with Gasteiger partial charge in [-0.3, -0.25) is 4.79 Å². The number of nitrogens with zero attached hydrogens (tertiary/aromatic N) is 1. The first-order valence-corrected chi connectivity index (χ1v) is 4.94. The molecule has 0 aromatic rings. The molecule has 0 spiro atoms. The number of rotatable bonds is 6. The van der Waals surface area contributed by atoms with Gasteiger partial charge in [-0.2, -0.15) is 0 Å². The fourth-order valence-corrected chi connectivity index (χ4v) is 1.57. The number of aliphatic hydroxyl groups excluding tert-OH is 1. The van der Waals surface area contributed by atoms with Crippen LogP contribution in [0.2, 0.25) is 0 Å². The lowest BCUT2D eigenvalue weighted by atomic mass is 10.1. The third-order valence-corrected chi connectivity index (χ3v) is 2.37. The smallest absolute Gasteiger partial charge is 0.223 e. The van der Waals surface area contributed by atoms with Gasteiger partial charge in [0.05, 0.1) is 19.8 Å². The van der Waals surface area contributed by atoms with Crippen LogP contribution in [-0.4, -0.2) is 55.4 Å². The van der Waals surface area contributed by atoms with E-state index in [1.165, 1.54) is 0 Å². The molecule has 1 aliphatic rings. The maximum Gasteiger partial charge on any atom is 0.223 e. The lowest BCUT2D eigenvalue weighted by Gasteiger charge is -2.15. The van der Waals surface area contributed by atoms with Crippen molar-refractivity contribution in [2.75, 3.05) is 39.5 Å². The Morgan fingerprint density at radius 1 is 1.57 bits per heavy atom. The third kappa shape index (κ3) is 3.25. The van der Waals surface area contributed by atoms with Gasteiger partial charge in [0.2, 0.25) is 5.91 Å². The molecule has 1 aliphatic heterocycles. The lowest BCUT2D eigenvalue weighted by molar-refractivity contribution is -0.128. The zero-order valence-electron chi connectivity index (χ0n) is 8.32. The minimum absolute atomic E-state index is 0.0272. The van der Waals surface area contributed by atoms with Crippen molar-refractivity contribution in [2.24, 2.45) is 11.7 Å². The summed E-state index contributed by atoms with van der Waals surface area (Å²) in [5, 5.41) is 8.47. The van der Waals surface area contributed by atoms with Crippen molar-refractivity contribution >= 4 is 5.91 Å². The van der Waals surface area contributed by atoms with Gasteiger partial charge in [-0.1, -0.05) is 0 Å². The zero-order chi connectivity index (χ0) is 10.4. The van der Waals surface area contributed by atoms with Crippen LogP contribution in [0.25, 0.3) is 0 Å². The standard InChI is InChI=1S/C9H18N2O3/c10-6-8-5-9(13)11(7-8)1-3-14-4-2-12/h8,12H,1-7,10H2. The van der Waals surface area contributed by atoms with Crippen molar-refractivity contribution < 1.29 is 14.6 Å². The van der Waals surface area contributed by atoms with Crippen LogP contribution in [0.3, 0.4) is 0 Å². The van der Waals surface area contributed by atoms with Gasteiger partial charge >= 0.3 is 0 Å². The summed E-state index contributed by atoms with van der Waals surface area (Å²) in [7, 11) is 0. The van der Waals surface area contributed by atoms with E-state index in [1.807, 2.05) is 0 Å². The lowest BCUT2D eigenvalue weighted by Crippen LogP contribution is -2.30. The molecular formula is C9H18N2O3. The predicted octanol–water partition coefficient (Wildman–Crippen LogP) is -1.20. The average molecular weight is 202 g/mol. The molecule has 1 unspecified atom stereocenters. The Hall–Kier alpha value is -0.650. The first-order valence-electron chi connectivity index (χ1n) is 4.94. The van der Waals surface area contributed by atoms with Crippen molar-refractivity contribution in [1.82, 2.24) is 4.90 Å². The van der Waals surface area contributed by atoms with Crippen LogP contribution in [0.1, 0.15) is 6.42 Å². The van der Waals surface area contributed by atoms with Gasteiger partial charge in [-0.05, 0) is 12.5 Å². The van der Waals surface area contributed by atoms with E-state index in [4.69, 9.17) is 15.6 Å². The molecule has 5 heteroatoms. The number of aliphatic hydroxyl groups is 1. The van der Waals surface area contributed by atoms with E-state index in [0.29, 0.717) is 38.6 Å². The molecule has 0 aliphatic carbocycles. The average Bonchev–Trinajstić information content (AvgIpc) is 2.54. The Balaban J connectivity index is 2.15. The normalized spacial score (nSPS) is 22.0. The van der Waals surface area contributed by atoms with Crippen molar-refractivity contribution in [1.29, 1.82) is 0 Å². The molecule has 0 aromatic heterocycles. The predicted molar refractivity (Wildman–Crippen MR) is 51.6 cm³/mol. The minimum Gasteiger partial charge on any atom is -0.394 e. The van der Waals surface area contributed by atoms with Crippen molar-refractivity contribution in [2.45, 2.75) is 6.42 Å². The van der Waals surface area contributed by atoms with E-state index in [0.717, 1.165) is 6.54 Å². The van der Waals surface area contributed by atoms with E-state index in [2.05, 4.69) is 0 Å². The van der Waals surface area contributed by atoms with Crippen molar-refractivity contribution in [3.63, 3.8) is 0 Å². The van der Waals surface area contributed by atoms with Gasteiger partial charge in [0.1, 0.15) is 0 Å². The van der Waals surface area contributed by atoms with E-state index < -0.39 is 0 Å². The highest BCUT2D eigenvalue weighted by molar-refractivity contribution is 5.78. The molecule has 14 heavy (non-hydrogen) atoms. The molecule has 0 aromatic carbocycles. The van der Waals surface area contributed by atoms with Crippen LogP contribution >= 0.6 is 0 Å². The summed E-state index contributed by atoms with van der Waals surface area (Å²) in [6.07, 6.45) is 0.566. The van der Waals surface area contributed by atoms with E-state index in [1.54, 1.807) is 4.90 Å². The molecule has 0 saturated carbocycles. The zero-order valence-corrected chi connectivity index (χ0v) is 8.32. The molecule has 1 fully saturated rings. The summed E-state index contributed by atoms with van der Waals surface area (Å²) >= 11 is 0. The molecule has 1 heterocycles. The van der Waals surface area contributed by atoms with Crippen LogP contribution in [-0.2, 0) is 9.53 Å². The molecule has 1 amide bonds. The number of hydrogen-bond donors (Lipinski definition) is 2. The van der Waals surface area contributed by atoms with Crippen LogP contribution in [0.4, 0.5) is 0 Å². The second-order valence-electron chi connectivity index (χ2n) is 3.48. The highest BCUT2D eigenvalue weighted by Crippen LogP contribution is 2.15. The molecule has 82 valence electrons. The fourth-order valence-electron chi connectivity index (χ4n) is 1.57. The molecule has 0 radical (unpaired) electrons. The summed E-state index contributed by atoms with van der Waals surface area (Å²) in [5.41, 5.74) is 5.49. The van der Waals surface area contributed by atoms with Crippen molar-refractivity contribution in [3.8, 4) is 0 Å². The third-order valence-electron chi connectivity index (χ3n) is 2.37. The summed E-state index contributed by atoms with van der Waals surface area (Å²) < 4.78 is 5.09. The second-order valence-corrected chi connectivity index (χ2v) is 3.48. The molecule has 3 N–H and O–H groups in total. The second kappa shape index (κ2) is 5.95. The number of nitrogens with two attached hydrogens (primary N) is 1. The van der Waals surface area contributed by atoms with Crippen LogP contribution in [0.15, 0.2) is 0 Å². The first kappa shape index (κ1) is 11.4.